The number of ether oxygens (including phenoxy) is 1. The number of nitrogens with zero attached hydrogens (tertiary/aromatic N) is 1. The number of nitrogens with one attached hydrogen (secondary N) is 2. The van der Waals surface area contributed by atoms with Gasteiger partial charge in [0, 0.05) is 5.69 Å². The molecule has 0 heterocycles. The van der Waals surface area contributed by atoms with E-state index in [-0.39, 0.29) is 22.8 Å². The van der Waals surface area contributed by atoms with Crippen LogP contribution in [0.2, 0.25) is 0 Å². The summed E-state index contributed by atoms with van der Waals surface area (Å²) in [5.74, 6) is 0.0297. The Morgan fingerprint density at radius 3 is 2.30 bits per heavy atom. The molecule has 0 radical (unpaired) electrons. The van der Waals surface area contributed by atoms with Crippen LogP contribution in [-0.4, -0.2) is 20.9 Å². The van der Waals surface area contributed by atoms with Gasteiger partial charge in [0.2, 0.25) is 0 Å². The van der Waals surface area contributed by atoms with E-state index < -0.39 is 10.0 Å². The van der Waals surface area contributed by atoms with E-state index in [9.17, 15) is 18.5 Å². The van der Waals surface area contributed by atoms with Crippen molar-refractivity contribution in [1.82, 2.24) is 0 Å². The fourth-order valence-corrected chi connectivity index (χ4v) is 4.55. The van der Waals surface area contributed by atoms with Gasteiger partial charge in [0.25, 0.3) is 15.9 Å². The highest BCUT2D eigenvalue weighted by Crippen LogP contribution is 2.47. The van der Waals surface area contributed by atoms with E-state index in [1.807, 2.05) is 31.2 Å². The molecule has 4 rings (SSSR count). The average Bonchev–Trinajstić information content (AvgIpc) is 3.61. The third-order valence-electron chi connectivity index (χ3n) is 5.58. The number of carbonyl (C=O) groups excluding carboxylic acids is 1. The summed E-state index contributed by atoms with van der Waals surface area (Å²) in [4.78, 5) is 12.3. The highest BCUT2D eigenvalue weighted by Gasteiger charge is 2.44. The topological polar surface area (TPSA) is 108 Å². The van der Waals surface area contributed by atoms with E-state index in [0.717, 1.165) is 24.0 Å². The Labute approximate surface area is 193 Å². The number of nitriles is 1. The molecule has 1 amide bonds. The van der Waals surface area contributed by atoms with Crippen molar-refractivity contribution >= 4 is 27.3 Å². The predicted molar refractivity (Wildman–Crippen MR) is 126 cm³/mol. The lowest BCUT2D eigenvalue weighted by atomic mass is 9.98. The van der Waals surface area contributed by atoms with Gasteiger partial charge < -0.3 is 10.1 Å². The second-order valence-electron chi connectivity index (χ2n) is 8.00. The van der Waals surface area contributed by atoms with Crippen molar-refractivity contribution in [2.24, 2.45) is 0 Å². The number of para-hydroxylation sites is 1. The Balaban J connectivity index is 1.31. The van der Waals surface area contributed by atoms with Crippen LogP contribution in [0.1, 0.15) is 24.0 Å². The number of benzene rings is 3. The van der Waals surface area contributed by atoms with Crippen LogP contribution in [0.4, 0.5) is 11.4 Å². The molecule has 7 nitrogen and oxygen atoms in total. The molecule has 1 aliphatic rings. The molecule has 1 fully saturated rings. The Bertz CT molecular complexity index is 1310. The molecule has 0 unspecified atom stereocenters. The molecule has 0 aromatic heterocycles. The van der Waals surface area contributed by atoms with Gasteiger partial charge in [0.15, 0.2) is 6.61 Å². The van der Waals surface area contributed by atoms with Crippen molar-refractivity contribution < 1.29 is 17.9 Å². The lowest BCUT2D eigenvalue weighted by Gasteiger charge is -2.12. The molecule has 1 aliphatic carbocycles. The first kappa shape index (κ1) is 22.4. The third kappa shape index (κ3) is 5.16. The van der Waals surface area contributed by atoms with Gasteiger partial charge in [-0.1, -0.05) is 30.3 Å². The number of amides is 1. The zero-order valence-corrected chi connectivity index (χ0v) is 18.9. The smallest absolute Gasteiger partial charge is 0.262 e. The maximum atomic E-state index is 12.6. The number of aryl methyl sites for hydroxylation is 1. The monoisotopic (exact) mass is 461 g/mol. The lowest BCUT2D eigenvalue weighted by Crippen LogP contribution is -2.20. The minimum atomic E-state index is -3.74. The van der Waals surface area contributed by atoms with Crippen molar-refractivity contribution in [1.29, 1.82) is 5.26 Å². The van der Waals surface area contributed by atoms with Crippen molar-refractivity contribution in [3.63, 3.8) is 0 Å². The van der Waals surface area contributed by atoms with E-state index in [4.69, 9.17) is 4.74 Å². The second-order valence-corrected chi connectivity index (χ2v) is 9.68. The van der Waals surface area contributed by atoms with Crippen LogP contribution >= 0.6 is 0 Å². The minimum absolute atomic E-state index is 0.0912. The Morgan fingerprint density at radius 2 is 1.70 bits per heavy atom. The SMILES string of the molecule is Cc1ccccc1NS(=O)(=O)c1ccc(OCC(=O)Nc2ccc(C3(C#N)CC3)cc2)cc1. The first-order valence-corrected chi connectivity index (χ1v) is 11.9. The zero-order chi connectivity index (χ0) is 23.5. The number of rotatable bonds is 8. The van der Waals surface area contributed by atoms with E-state index >= 15 is 0 Å². The molecule has 0 atom stereocenters. The first-order valence-electron chi connectivity index (χ1n) is 10.4. The van der Waals surface area contributed by atoms with Crippen molar-refractivity contribution in [3.05, 3.63) is 83.9 Å². The standard InChI is InChI=1S/C25H23N3O4S/c1-18-4-2-3-5-23(18)28-33(30,31)22-12-10-21(11-13-22)32-16-24(29)27-20-8-6-19(7-9-20)25(17-26)14-15-25/h2-13,28H,14-16H2,1H3,(H,27,29). The Morgan fingerprint density at radius 1 is 1.03 bits per heavy atom. The minimum Gasteiger partial charge on any atom is -0.484 e. The van der Waals surface area contributed by atoms with Crippen molar-refractivity contribution in [3.8, 4) is 11.8 Å². The van der Waals surface area contributed by atoms with Crippen molar-refractivity contribution in [2.75, 3.05) is 16.6 Å². The second kappa shape index (κ2) is 8.96. The molecular formula is C25H23N3O4S. The van der Waals surface area contributed by atoms with Crippen LogP contribution in [0.15, 0.2) is 77.7 Å². The Hall–Kier alpha value is -3.83. The van der Waals surface area contributed by atoms with Gasteiger partial charge in [-0.05, 0) is 73.4 Å². The fourth-order valence-electron chi connectivity index (χ4n) is 3.41. The summed E-state index contributed by atoms with van der Waals surface area (Å²) in [5, 5.41) is 12.0. The van der Waals surface area contributed by atoms with Gasteiger partial charge in [-0.25, -0.2) is 8.42 Å². The number of hydrogen-bond acceptors (Lipinski definition) is 5. The Kier molecular flexibility index (Phi) is 6.07. The van der Waals surface area contributed by atoms with Gasteiger partial charge in [-0.3, -0.25) is 9.52 Å². The molecule has 0 spiro atoms. The fraction of sp³-hybridized carbons (Fsp3) is 0.200. The van der Waals surface area contributed by atoms with Crippen LogP contribution in [0.3, 0.4) is 0 Å². The number of carbonyl (C=O) groups is 1. The summed E-state index contributed by atoms with van der Waals surface area (Å²) < 4.78 is 33.3. The molecule has 1 saturated carbocycles. The molecule has 33 heavy (non-hydrogen) atoms. The van der Waals surface area contributed by atoms with Gasteiger partial charge >= 0.3 is 0 Å². The number of hydrogen-bond donors (Lipinski definition) is 2. The van der Waals surface area contributed by atoms with Crippen LogP contribution in [-0.2, 0) is 20.2 Å². The quantitative estimate of drug-likeness (QED) is 0.518. The molecule has 3 aromatic rings. The molecule has 168 valence electrons. The molecule has 0 saturated heterocycles. The molecule has 8 heteroatoms. The normalized spacial score (nSPS) is 14.1. The van der Waals surface area contributed by atoms with Crippen LogP contribution < -0.4 is 14.8 Å². The van der Waals surface area contributed by atoms with Gasteiger partial charge in [-0.2, -0.15) is 5.26 Å². The summed E-state index contributed by atoms with van der Waals surface area (Å²) in [6.45, 7) is 1.60. The van der Waals surface area contributed by atoms with E-state index in [1.165, 1.54) is 24.3 Å². The maximum Gasteiger partial charge on any atom is 0.262 e. The van der Waals surface area contributed by atoms with Crippen molar-refractivity contribution in [2.45, 2.75) is 30.1 Å². The molecular weight excluding hydrogens is 438 g/mol. The summed E-state index contributed by atoms with van der Waals surface area (Å²) in [6.07, 6.45) is 1.73. The van der Waals surface area contributed by atoms with E-state index in [2.05, 4.69) is 16.1 Å². The lowest BCUT2D eigenvalue weighted by molar-refractivity contribution is -0.118. The molecule has 3 aromatic carbocycles. The van der Waals surface area contributed by atoms with Gasteiger partial charge in [0.1, 0.15) is 5.75 Å². The summed E-state index contributed by atoms with van der Waals surface area (Å²) in [6, 6.07) is 22.6. The number of anilines is 2. The molecule has 0 aliphatic heterocycles. The molecule has 0 bridgehead atoms. The van der Waals surface area contributed by atoms with Gasteiger partial charge in [-0.15, -0.1) is 0 Å². The van der Waals surface area contributed by atoms with Gasteiger partial charge in [0.05, 0.1) is 22.1 Å². The summed E-state index contributed by atoms with van der Waals surface area (Å²) in [7, 11) is -3.74. The van der Waals surface area contributed by atoms with Crippen LogP contribution in [0.25, 0.3) is 0 Å². The molecule has 2 N–H and O–H groups in total. The zero-order valence-electron chi connectivity index (χ0n) is 18.0. The largest absolute Gasteiger partial charge is 0.484 e. The number of sulfonamides is 1. The summed E-state index contributed by atoms with van der Waals surface area (Å²) in [5.41, 5.74) is 2.55. The average molecular weight is 462 g/mol. The summed E-state index contributed by atoms with van der Waals surface area (Å²) >= 11 is 0. The van der Waals surface area contributed by atoms with Crippen LogP contribution in [0.5, 0.6) is 5.75 Å². The predicted octanol–water partition coefficient (Wildman–Crippen LogP) is 4.37. The highest BCUT2D eigenvalue weighted by atomic mass is 32.2. The van der Waals surface area contributed by atoms with E-state index in [1.54, 1.807) is 24.3 Å². The highest BCUT2D eigenvalue weighted by molar-refractivity contribution is 7.92. The first-order chi connectivity index (χ1) is 15.8. The van der Waals surface area contributed by atoms with E-state index in [0.29, 0.717) is 17.1 Å². The maximum absolute atomic E-state index is 12.6. The third-order valence-corrected chi connectivity index (χ3v) is 6.96. The van der Waals surface area contributed by atoms with Crippen LogP contribution in [0, 0.1) is 18.3 Å².